The Kier molecular flexibility index (Phi) is 8.28. The summed E-state index contributed by atoms with van der Waals surface area (Å²) in [7, 11) is 1.89. The first-order chi connectivity index (χ1) is 13.0. The van der Waals surface area contributed by atoms with E-state index in [4.69, 9.17) is 5.11 Å². The van der Waals surface area contributed by atoms with Gasteiger partial charge in [-0.05, 0) is 64.8 Å². The average Bonchev–Trinajstić information content (AvgIpc) is 2.88. The van der Waals surface area contributed by atoms with E-state index in [9.17, 15) is 9.59 Å². The van der Waals surface area contributed by atoms with Crippen molar-refractivity contribution in [1.29, 1.82) is 0 Å². The molecule has 0 aliphatic carbocycles. The summed E-state index contributed by atoms with van der Waals surface area (Å²) >= 11 is 0. The van der Waals surface area contributed by atoms with Crippen molar-refractivity contribution in [2.75, 3.05) is 38.1 Å². The van der Waals surface area contributed by atoms with Crippen molar-refractivity contribution in [3.63, 3.8) is 0 Å². The summed E-state index contributed by atoms with van der Waals surface area (Å²) in [6.45, 7) is 4.69. The Morgan fingerprint density at radius 3 is 2.46 bits per heavy atom. The van der Waals surface area contributed by atoms with Crippen LogP contribution in [0.5, 0.6) is 0 Å². The molecule has 1 amide bonds. The van der Waals surface area contributed by atoms with Crippen molar-refractivity contribution >= 4 is 30.0 Å². The summed E-state index contributed by atoms with van der Waals surface area (Å²) < 4.78 is 0. The Bertz CT molecular complexity index is 667. The molecule has 2 unspecified atom stereocenters. The standard InChI is InChI=1S/C21H31N3O3.ClH/c1-16-7-9-18(10-8-16)24-13-4-6-19(21(24)27)23-12-3-5-17(11-14-23)22(2)15-20(25)26;/h7-10,17,19H,3-6,11-15H2,1-2H3,(H,25,26);1H. The van der Waals surface area contributed by atoms with Crippen LogP contribution in [0.25, 0.3) is 0 Å². The lowest BCUT2D eigenvalue weighted by molar-refractivity contribution is -0.138. The maximum atomic E-state index is 13.2. The van der Waals surface area contributed by atoms with Crippen LogP contribution in [0.4, 0.5) is 5.69 Å². The van der Waals surface area contributed by atoms with Crippen LogP contribution in [0.2, 0.25) is 0 Å². The smallest absolute Gasteiger partial charge is 0.317 e. The van der Waals surface area contributed by atoms with E-state index >= 15 is 0 Å². The third kappa shape index (κ3) is 5.46. The molecule has 2 saturated heterocycles. The molecule has 2 atom stereocenters. The molecule has 156 valence electrons. The first kappa shape index (κ1) is 22.7. The average molecular weight is 410 g/mol. The number of amides is 1. The number of hydrogen-bond donors (Lipinski definition) is 1. The predicted octanol–water partition coefficient (Wildman–Crippen LogP) is 2.78. The van der Waals surface area contributed by atoms with E-state index in [1.807, 2.05) is 29.0 Å². The monoisotopic (exact) mass is 409 g/mol. The Morgan fingerprint density at radius 1 is 1.11 bits per heavy atom. The molecule has 0 aromatic heterocycles. The van der Waals surface area contributed by atoms with E-state index in [-0.39, 0.29) is 36.9 Å². The van der Waals surface area contributed by atoms with Gasteiger partial charge in [0.2, 0.25) is 5.91 Å². The fraction of sp³-hybridized carbons (Fsp3) is 0.619. The molecule has 2 aliphatic rings. The highest BCUT2D eigenvalue weighted by atomic mass is 35.5. The summed E-state index contributed by atoms with van der Waals surface area (Å²) in [5.41, 5.74) is 2.19. The van der Waals surface area contributed by atoms with Crippen LogP contribution in [0.1, 0.15) is 37.7 Å². The van der Waals surface area contributed by atoms with Crippen LogP contribution < -0.4 is 4.90 Å². The van der Waals surface area contributed by atoms with E-state index in [2.05, 4.69) is 24.0 Å². The van der Waals surface area contributed by atoms with Crippen LogP contribution in [0, 0.1) is 6.92 Å². The third-order valence-corrected chi connectivity index (χ3v) is 5.94. The second-order valence-electron chi connectivity index (χ2n) is 7.91. The van der Waals surface area contributed by atoms with Crippen molar-refractivity contribution in [1.82, 2.24) is 9.80 Å². The number of piperidine rings is 1. The van der Waals surface area contributed by atoms with Gasteiger partial charge in [-0.1, -0.05) is 17.7 Å². The number of carbonyl (C=O) groups excluding carboxylic acids is 1. The normalized spacial score (nSPS) is 24.0. The van der Waals surface area contributed by atoms with E-state index in [1.165, 1.54) is 5.56 Å². The van der Waals surface area contributed by atoms with Gasteiger partial charge in [0.15, 0.2) is 0 Å². The van der Waals surface area contributed by atoms with Gasteiger partial charge < -0.3 is 10.0 Å². The largest absolute Gasteiger partial charge is 0.480 e. The molecule has 0 saturated carbocycles. The van der Waals surface area contributed by atoms with Gasteiger partial charge >= 0.3 is 5.97 Å². The first-order valence-electron chi connectivity index (χ1n) is 10.00. The van der Waals surface area contributed by atoms with Crippen LogP contribution >= 0.6 is 12.4 Å². The quantitative estimate of drug-likeness (QED) is 0.810. The molecular formula is C21H32ClN3O3. The number of benzene rings is 1. The summed E-state index contributed by atoms with van der Waals surface area (Å²) in [5, 5.41) is 9.03. The fourth-order valence-electron chi connectivity index (χ4n) is 4.37. The lowest BCUT2D eigenvalue weighted by atomic mass is 10.0. The maximum absolute atomic E-state index is 13.2. The number of aryl methyl sites for hydroxylation is 1. The molecular weight excluding hydrogens is 378 g/mol. The second kappa shape index (κ2) is 10.2. The van der Waals surface area contributed by atoms with E-state index in [1.54, 1.807) is 0 Å². The topological polar surface area (TPSA) is 64.1 Å². The minimum Gasteiger partial charge on any atom is -0.480 e. The molecule has 1 N–H and O–H groups in total. The Balaban J connectivity index is 0.00000280. The number of nitrogens with zero attached hydrogens (tertiary/aromatic N) is 3. The van der Waals surface area contributed by atoms with Crippen LogP contribution in [0.15, 0.2) is 24.3 Å². The van der Waals surface area contributed by atoms with Crippen molar-refractivity contribution in [3.05, 3.63) is 29.8 Å². The van der Waals surface area contributed by atoms with E-state index in [0.29, 0.717) is 0 Å². The summed E-state index contributed by atoms with van der Waals surface area (Å²) in [5.74, 6) is -0.572. The van der Waals surface area contributed by atoms with Crippen LogP contribution in [-0.2, 0) is 9.59 Å². The van der Waals surface area contributed by atoms with Crippen molar-refractivity contribution in [2.24, 2.45) is 0 Å². The zero-order valence-corrected chi connectivity index (χ0v) is 17.7. The Hall–Kier alpha value is -1.63. The number of carbonyl (C=O) groups is 2. The fourth-order valence-corrected chi connectivity index (χ4v) is 4.37. The van der Waals surface area contributed by atoms with Crippen molar-refractivity contribution in [2.45, 2.75) is 51.1 Å². The molecule has 0 spiro atoms. The molecule has 0 radical (unpaired) electrons. The lowest BCUT2D eigenvalue weighted by Gasteiger charge is -2.38. The maximum Gasteiger partial charge on any atom is 0.317 e. The molecule has 28 heavy (non-hydrogen) atoms. The van der Waals surface area contributed by atoms with Crippen LogP contribution in [0.3, 0.4) is 0 Å². The predicted molar refractivity (Wildman–Crippen MR) is 113 cm³/mol. The molecule has 1 aromatic carbocycles. The number of carboxylic acids is 1. The Labute approximate surface area is 173 Å². The highest BCUT2D eigenvalue weighted by Crippen LogP contribution is 2.26. The zero-order chi connectivity index (χ0) is 19.4. The zero-order valence-electron chi connectivity index (χ0n) is 16.8. The molecule has 0 bridgehead atoms. The second-order valence-corrected chi connectivity index (χ2v) is 7.91. The van der Waals surface area contributed by atoms with Gasteiger partial charge in [0, 0.05) is 24.8 Å². The number of hydrogen-bond acceptors (Lipinski definition) is 4. The minimum atomic E-state index is -0.783. The highest BCUT2D eigenvalue weighted by molar-refractivity contribution is 5.97. The number of anilines is 1. The first-order valence-corrected chi connectivity index (χ1v) is 10.00. The number of rotatable bonds is 5. The Morgan fingerprint density at radius 2 is 1.79 bits per heavy atom. The van der Waals surface area contributed by atoms with E-state index < -0.39 is 5.97 Å². The van der Waals surface area contributed by atoms with Gasteiger partial charge in [-0.2, -0.15) is 0 Å². The number of halogens is 1. The number of likely N-dealkylation sites (tertiary alicyclic amines) is 1. The number of carboxylic acid groups (broad SMARTS) is 1. The highest BCUT2D eigenvalue weighted by Gasteiger charge is 2.35. The van der Waals surface area contributed by atoms with Crippen molar-refractivity contribution < 1.29 is 14.7 Å². The molecule has 2 heterocycles. The van der Waals surface area contributed by atoms with Gasteiger partial charge in [-0.15, -0.1) is 12.4 Å². The van der Waals surface area contributed by atoms with Crippen LogP contribution in [-0.4, -0.2) is 72.1 Å². The van der Waals surface area contributed by atoms with Gasteiger partial charge in [0.05, 0.1) is 12.6 Å². The molecule has 2 aliphatic heterocycles. The third-order valence-electron chi connectivity index (χ3n) is 5.94. The van der Waals surface area contributed by atoms with Gasteiger partial charge in [0.1, 0.15) is 0 Å². The number of aliphatic carboxylic acids is 1. The molecule has 2 fully saturated rings. The van der Waals surface area contributed by atoms with Crippen molar-refractivity contribution in [3.8, 4) is 0 Å². The molecule has 1 aromatic rings. The van der Waals surface area contributed by atoms with Gasteiger partial charge in [-0.3, -0.25) is 19.4 Å². The van der Waals surface area contributed by atoms with E-state index in [0.717, 1.165) is 57.4 Å². The summed E-state index contributed by atoms with van der Waals surface area (Å²) in [4.78, 5) is 30.4. The minimum absolute atomic E-state index is 0. The number of likely N-dealkylation sites (N-methyl/N-ethyl adjacent to an activating group) is 1. The molecule has 7 heteroatoms. The lowest BCUT2D eigenvalue weighted by Crippen LogP contribution is -2.53. The molecule has 6 nitrogen and oxygen atoms in total. The summed E-state index contributed by atoms with van der Waals surface area (Å²) in [6.07, 6.45) is 4.84. The summed E-state index contributed by atoms with van der Waals surface area (Å²) in [6, 6.07) is 8.41. The molecule has 3 rings (SSSR count). The van der Waals surface area contributed by atoms with Gasteiger partial charge in [0.25, 0.3) is 0 Å². The SMILES string of the molecule is Cc1ccc(N2CCCC(N3CCCC(N(C)CC(=O)O)CC3)C2=O)cc1.Cl. The van der Waals surface area contributed by atoms with Gasteiger partial charge in [-0.25, -0.2) is 0 Å².